The maximum atomic E-state index is 12.8. The van der Waals surface area contributed by atoms with Crippen molar-refractivity contribution in [1.29, 1.82) is 0 Å². The van der Waals surface area contributed by atoms with Gasteiger partial charge in [0.2, 0.25) is 0 Å². The van der Waals surface area contributed by atoms with Gasteiger partial charge < -0.3 is 27.9 Å². The summed E-state index contributed by atoms with van der Waals surface area (Å²) in [6.07, 6.45) is 60.4. The Bertz CT molecular complexity index is 1250. The lowest BCUT2D eigenvalue weighted by molar-refractivity contribution is -0.870. The van der Waals surface area contributed by atoms with Crippen LogP contribution in [0.15, 0.2) is 36.5 Å². The van der Waals surface area contributed by atoms with E-state index in [1.54, 1.807) is 0 Å². The second-order valence-corrected chi connectivity index (χ2v) is 22.1. The summed E-state index contributed by atoms with van der Waals surface area (Å²) in [5.74, 6) is -0.828. The fourth-order valence-corrected chi connectivity index (χ4v) is 8.88. The van der Waals surface area contributed by atoms with Crippen molar-refractivity contribution >= 4 is 19.8 Å². The van der Waals surface area contributed by atoms with Gasteiger partial charge in [0.05, 0.1) is 27.7 Å². The molecule has 0 saturated heterocycles. The van der Waals surface area contributed by atoms with Gasteiger partial charge >= 0.3 is 11.9 Å². The first-order valence-electron chi connectivity index (χ1n) is 28.7. The molecule has 0 saturated carbocycles. The molecule has 0 aliphatic carbocycles. The molecule has 0 aromatic carbocycles. The van der Waals surface area contributed by atoms with Crippen LogP contribution in [0.1, 0.15) is 271 Å². The van der Waals surface area contributed by atoms with Crippen molar-refractivity contribution in [3.05, 3.63) is 36.5 Å². The Balaban J connectivity index is 4.13. The summed E-state index contributed by atoms with van der Waals surface area (Å²) in [6.45, 7) is 4.25. The number of hydrogen-bond acceptors (Lipinski definition) is 8. The van der Waals surface area contributed by atoms with Crippen LogP contribution >= 0.6 is 7.82 Å². The normalized spacial score (nSPS) is 13.6. The lowest BCUT2D eigenvalue weighted by atomic mass is 10.0. The van der Waals surface area contributed by atoms with Gasteiger partial charge in [-0.2, -0.15) is 0 Å². The molecule has 0 fully saturated rings. The summed E-state index contributed by atoms with van der Waals surface area (Å²) in [5, 5.41) is 0. The Morgan fingerprint density at radius 3 is 1.18 bits per heavy atom. The average molecular weight is 980 g/mol. The molecule has 0 aromatic heterocycles. The number of ether oxygens (including phenoxy) is 2. The molecule has 9 nitrogen and oxygen atoms in total. The molecule has 0 heterocycles. The third-order valence-electron chi connectivity index (χ3n) is 12.6. The van der Waals surface area contributed by atoms with Crippen LogP contribution in [0.4, 0.5) is 0 Å². The van der Waals surface area contributed by atoms with Gasteiger partial charge in [0.25, 0.3) is 7.82 Å². The number of rotatable bonds is 53. The minimum absolute atomic E-state index is 0.0303. The first-order chi connectivity index (χ1) is 33.0. The molecule has 0 aliphatic heterocycles. The average Bonchev–Trinajstić information content (AvgIpc) is 3.30. The molecule has 0 aromatic rings. The van der Waals surface area contributed by atoms with Gasteiger partial charge in [0.15, 0.2) is 6.10 Å². The number of esters is 2. The summed E-state index contributed by atoms with van der Waals surface area (Å²) in [5.41, 5.74) is 0. The summed E-state index contributed by atoms with van der Waals surface area (Å²) in [6, 6.07) is 0. The summed E-state index contributed by atoms with van der Waals surface area (Å²) < 4.78 is 34.1. The highest BCUT2D eigenvalue weighted by Crippen LogP contribution is 2.38. The van der Waals surface area contributed by atoms with E-state index in [1.807, 2.05) is 21.1 Å². The van der Waals surface area contributed by atoms with Gasteiger partial charge in [-0.1, -0.05) is 224 Å². The van der Waals surface area contributed by atoms with Crippen LogP contribution < -0.4 is 4.89 Å². The van der Waals surface area contributed by atoms with E-state index in [2.05, 4.69) is 50.3 Å². The van der Waals surface area contributed by atoms with Crippen LogP contribution in [0, 0.1) is 0 Å². The predicted octanol–water partition coefficient (Wildman–Crippen LogP) is 17.0. The Kier molecular flexibility index (Phi) is 48.9. The summed E-state index contributed by atoms with van der Waals surface area (Å²) in [7, 11) is 1.17. The molecule has 2 unspecified atom stereocenters. The monoisotopic (exact) mass is 980 g/mol. The minimum atomic E-state index is -4.63. The Morgan fingerprint density at radius 2 is 0.794 bits per heavy atom. The maximum Gasteiger partial charge on any atom is 0.306 e. The number of quaternary nitrogens is 1. The highest BCUT2D eigenvalue weighted by molar-refractivity contribution is 7.45. The molecule has 0 rings (SSSR count). The van der Waals surface area contributed by atoms with Gasteiger partial charge in [-0.25, -0.2) is 0 Å². The van der Waals surface area contributed by atoms with Crippen LogP contribution in [-0.4, -0.2) is 70.0 Å². The number of carbonyl (C=O) groups excluding carboxylic acids is 2. The van der Waals surface area contributed by atoms with Crippen molar-refractivity contribution in [3.63, 3.8) is 0 Å². The van der Waals surface area contributed by atoms with Gasteiger partial charge in [0.1, 0.15) is 19.8 Å². The van der Waals surface area contributed by atoms with E-state index in [9.17, 15) is 19.0 Å². The molecule has 0 spiro atoms. The third-order valence-corrected chi connectivity index (χ3v) is 13.6. The zero-order valence-electron chi connectivity index (χ0n) is 45.3. The van der Waals surface area contributed by atoms with Crippen molar-refractivity contribution in [3.8, 4) is 0 Å². The summed E-state index contributed by atoms with van der Waals surface area (Å²) in [4.78, 5) is 37.8. The lowest BCUT2D eigenvalue weighted by Gasteiger charge is -2.28. The zero-order chi connectivity index (χ0) is 49.9. The molecule has 0 N–H and O–H groups in total. The zero-order valence-corrected chi connectivity index (χ0v) is 46.2. The fourth-order valence-electron chi connectivity index (χ4n) is 8.15. The number of unbranched alkanes of at least 4 members (excludes halogenated alkanes) is 33. The van der Waals surface area contributed by atoms with Crippen LogP contribution in [0.5, 0.6) is 0 Å². The smallest absolute Gasteiger partial charge is 0.306 e. The van der Waals surface area contributed by atoms with Crippen molar-refractivity contribution in [2.75, 3.05) is 47.5 Å². The number of hydrogen-bond donors (Lipinski definition) is 0. The molecule has 68 heavy (non-hydrogen) atoms. The topological polar surface area (TPSA) is 111 Å². The van der Waals surface area contributed by atoms with Gasteiger partial charge in [-0.15, -0.1) is 0 Å². The highest BCUT2D eigenvalue weighted by Gasteiger charge is 2.22. The second-order valence-electron chi connectivity index (χ2n) is 20.6. The number of carbonyl (C=O) groups is 2. The van der Waals surface area contributed by atoms with Gasteiger partial charge in [-0.3, -0.25) is 14.2 Å². The van der Waals surface area contributed by atoms with Crippen LogP contribution in [0.25, 0.3) is 0 Å². The minimum Gasteiger partial charge on any atom is -0.756 e. The number of likely N-dealkylation sites (N-methyl/N-ethyl adjacent to an activating group) is 1. The van der Waals surface area contributed by atoms with E-state index in [4.69, 9.17) is 18.5 Å². The van der Waals surface area contributed by atoms with Crippen molar-refractivity contribution in [2.45, 2.75) is 277 Å². The van der Waals surface area contributed by atoms with Gasteiger partial charge in [0, 0.05) is 12.8 Å². The lowest BCUT2D eigenvalue weighted by Crippen LogP contribution is -2.37. The molecular formula is C58H110NO8P. The first-order valence-corrected chi connectivity index (χ1v) is 30.2. The molecular weight excluding hydrogens is 870 g/mol. The van der Waals surface area contributed by atoms with Crippen LogP contribution in [0.3, 0.4) is 0 Å². The molecule has 0 radical (unpaired) electrons. The second kappa shape index (κ2) is 50.2. The Hall–Kier alpha value is -1.77. The molecule has 400 valence electrons. The van der Waals surface area contributed by atoms with Crippen molar-refractivity contribution in [2.24, 2.45) is 0 Å². The number of nitrogens with zero attached hydrogens (tertiary/aromatic N) is 1. The molecule has 10 heteroatoms. The molecule has 2 atom stereocenters. The summed E-state index contributed by atoms with van der Waals surface area (Å²) >= 11 is 0. The first kappa shape index (κ1) is 66.2. The Labute approximate surface area is 421 Å². The highest BCUT2D eigenvalue weighted by atomic mass is 31.2. The van der Waals surface area contributed by atoms with Crippen molar-refractivity contribution in [1.82, 2.24) is 0 Å². The van der Waals surface area contributed by atoms with E-state index < -0.39 is 26.5 Å². The van der Waals surface area contributed by atoms with E-state index in [1.165, 1.54) is 180 Å². The van der Waals surface area contributed by atoms with E-state index >= 15 is 0 Å². The van der Waals surface area contributed by atoms with Gasteiger partial charge in [-0.05, 0) is 70.6 Å². The van der Waals surface area contributed by atoms with E-state index in [0.717, 1.165) is 57.8 Å². The number of phosphoric ester groups is 1. The van der Waals surface area contributed by atoms with Crippen LogP contribution in [0.2, 0.25) is 0 Å². The largest absolute Gasteiger partial charge is 0.756 e. The predicted molar refractivity (Wildman–Crippen MR) is 287 cm³/mol. The molecule has 0 amide bonds. The van der Waals surface area contributed by atoms with Crippen LogP contribution in [-0.2, 0) is 32.7 Å². The van der Waals surface area contributed by atoms with Crippen molar-refractivity contribution < 1.29 is 42.1 Å². The SMILES string of the molecule is CCCCCCC/C=C\C/C=C\CCCCCCCCCCCCCCCCCC(=O)OC(COC(=O)CCCCCCCCC/C=C\CCCCCCCC)COP(=O)([O-])OCC[N+](C)(C)C. The third kappa shape index (κ3) is 53.6. The standard InChI is InChI=1S/C58H110NO8P/c1-6-8-10-12-14-16-18-20-22-24-25-26-27-28-29-30-31-32-33-35-37-39-41-43-45-47-49-51-58(61)67-56(55-66-68(62,63)65-53-52-59(3,4)5)54-64-57(60)50-48-46-44-42-40-38-36-34-23-21-19-17-15-13-11-9-7-2/h18,20-21,23-25,56H,6-17,19,22,26-55H2,1-5H3/b20-18-,23-21-,25-24-. The number of allylic oxidation sites excluding steroid dienone is 6. The maximum absolute atomic E-state index is 12.8. The van der Waals surface area contributed by atoms with E-state index in [0.29, 0.717) is 17.4 Å². The number of phosphoric acid groups is 1. The molecule has 0 aliphatic rings. The fraction of sp³-hybridized carbons (Fsp3) is 0.862. The quantitative estimate of drug-likeness (QED) is 0.0195. The van der Waals surface area contributed by atoms with E-state index in [-0.39, 0.29) is 32.0 Å². The molecule has 0 bridgehead atoms. The Morgan fingerprint density at radius 1 is 0.456 bits per heavy atom.